The van der Waals surface area contributed by atoms with Crippen molar-refractivity contribution in [2.24, 2.45) is 7.05 Å². The molecule has 0 amide bonds. The fraction of sp³-hybridized carbons (Fsp3) is 0.276. The Hall–Kier alpha value is -4.16. The summed E-state index contributed by atoms with van der Waals surface area (Å²) in [5.74, 6) is -1.66. The zero-order valence-electron chi connectivity index (χ0n) is 21.2. The lowest BCUT2D eigenvalue weighted by Gasteiger charge is -2.48. The van der Waals surface area contributed by atoms with Crippen molar-refractivity contribution in [2.75, 3.05) is 18.0 Å². The van der Waals surface area contributed by atoms with Gasteiger partial charge >= 0.3 is 0 Å². The molecule has 1 fully saturated rings. The number of fused-ring (bicyclic) bond motifs is 1. The number of anilines is 1. The highest BCUT2D eigenvalue weighted by molar-refractivity contribution is 5.89. The van der Waals surface area contributed by atoms with Crippen molar-refractivity contribution in [1.82, 2.24) is 14.5 Å². The van der Waals surface area contributed by atoms with Gasteiger partial charge in [0, 0.05) is 32.2 Å². The molecular weight excluding hydrogens is 491 g/mol. The maximum Gasteiger partial charge on any atom is 0.289 e. The maximum atomic E-state index is 15.6. The molecule has 0 spiro atoms. The molecule has 9 heteroatoms. The Morgan fingerprint density at radius 3 is 2.37 bits per heavy atom. The number of halogens is 3. The average Bonchev–Trinajstić information content (AvgIpc) is 2.91. The fourth-order valence-corrected chi connectivity index (χ4v) is 5.40. The Morgan fingerprint density at radius 2 is 1.68 bits per heavy atom. The standard InChI is InChI=1S/C29H26F3N5O/c1-17-16-37(28-25(32)29(38)35(3)24-12-11-23(14-33)34-26(24)28)18(2)15-36(17)27(19-7-9-21(30)10-8-19)20-5-4-6-22(31)13-20/h4-13,17-18,27H,15-16H2,1-3H3/t17-,18+,27?/m1/s1. The van der Waals surface area contributed by atoms with Gasteiger partial charge in [-0.15, -0.1) is 0 Å². The van der Waals surface area contributed by atoms with E-state index in [9.17, 15) is 18.8 Å². The monoisotopic (exact) mass is 517 g/mol. The van der Waals surface area contributed by atoms with Crippen molar-refractivity contribution in [3.05, 3.63) is 105 Å². The van der Waals surface area contributed by atoms with Gasteiger partial charge in [-0.1, -0.05) is 24.3 Å². The first-order valence-corrected chi connectivity index (χ1v) is 12.3. The highest BCUT2D eigenvalue weighted by Crippen LogP contribution is 2.37. The normalized spacial score (nSPS) is 18.9. The lowest BCUT2D eigenvalue weighted by atomic mass is 9.93. The quantitative estimate of drug-likeness (QED) is 0.385. The molecule has 5 rings (SSSR count). The van der Waals surface area contributed by atoms with E-state index in [1.165, 1.54) is 41.9 Å². The van der Waals surface area contributed by atoms with Gasteiger partial charge in [-0.05, 0) is 61.4 Å². The topological polar surface area (TPSA) is 65.2 Å². The second-order valence-corrected chi connectivity index (χ2v) is 9.76. The Balaban J connectivity index is 1.59. The van der Waals surface area contributed by atoms with Gasteiger partial charge < -0.3 is 9.47 Å². The largest absolute Gasteiger partial charge is 0.362 e. The molecule has 2 aromatic heterocycles. The summed E-state index contributed by atoms with van der Waals surface area (Å²) in [6, 6.07) is 16.7. The number of aryl methyl sites for hydroxylation is 1. The van der Waals surface area contributed by atoms with Gasteiger partial charge in [0.05, 0.1) is 11.6 Å². The van der Waals surface area contributed by atoms with Gasteiger partial charge in [0.15, 0.2) is 0 Å². The number of nitrogens with zero attached hydrogens (tertiary/aromatic N) is 5. The Labute approximate surface area is 218 Å². The SMILES string of the molecule is C[C@@H]1CN(c2c(F)c(=O)n(C)c3ccc(C#N)nc23)[C@@H](C)CN1C(c1ccc(F)cc1)c1cccc(F)c1. The lowest BCUT2D eigenvalue weighted by Crippen LogP contribution is -2.58. The highest BCUT2D eigenvalue weighted by Gasteiger charge is 2.37. The third kappa shape index (κ3) is 4.41. The van der Waals surface area contributed by atoms with Gasteiger partial charge in [-0.3, -0.25) is 9.69 Å². The summed E-state index contributed by atoms with van der Waals surface area (Å²) >= 11 is 0. The van der Waals surface area contributed by atoms with Crippen LogP contribution >= 0.6 is 0 Å². The van der Waals surface area contributed by atoms with Crippen LogP contribution in [-0.2, 0) is 7.05 Å². The Kier molecular flexibility index (Phi) is 6.67. The van der Waals surface area contributed by atoms with E-state index in [0.717, 1.165) is 11.1 Å². The van der Waals surface area contributed by atoms with Crippen molar-refractivity contribution < 1.29 is 13.2 Å². The third-order valence-electron chi connectivity index (χ3n) is 7.28. The average molecular weight is 518 g/mol. The van der Waals surface area contributed by atoms with Crippen LogP contribution in [0.2, 0.25) is 0 Å². The van der Waals surface area contributed by atoms with Crippen molar-refractivity contribution >= 4 is 16.7 Å². The van der Waals surface area contributed by atoms with E-state index in [-0.39, 0.29) is 46.7 Å². The van der Waals surface area contributed by atoms with Crippen LogP contribution in [0.3, 0.4) is 0 Å². The second-order valence-electron chi connectivity index (χ2n) is 9.76. The molecule has 1 unspecified atom stereocenters. The first-order chi connectivity index (χ1) is 18.2. The van der Waals surface area contributed by atoms with E-state index in [4.69, 9.17) is 0 Å². The van der Waals surface area contributed by atoms with Crippen molar-refractivity contribution in [1.29, 1.82) is 5.26 Å². The molecule has 1 aliphatic heterocycles. The van der Waals surface area contributed by atoms with Crippen LogP contribution in [0.15, 0.2) is 65.5 Å². The Morgan fingerprint density at radius 1 is 0.947 bits per heavy atom. The van der Waals surface area contributed by atoms with Gasteiger partial charge in [0.2, 0.25) is 5.82 Å². The maximum absolute atomic E-state index is 15.6. The predicted octanol–water partition coefficient (Wildman–Crippen LogP) is 4.91. The number of nitriles is 1. The van der Waals surface area contributed by atoms with Crippen LogP contribution in [0.1, 0.15) is 36.7 Å². The van der Waals surface area contributed by atoms with Crippen LogP contribution in [0, 0.1) is 28.8 Å². The zero-order valence-corrected chi connectivity index (χ0v) is 21.2. The molecule has 0 aliphatic carbocycles. The van der Waals surface area contributed by atoms with E-state index in [2.05, 4.69) is 9.88 Å². The first kappa shape index (κ1) is 25.5. The molecule has 1 saturated heterocycles. The summed E-state index contributed by atoms with van der Waals surface area (Å²) in [7, 11) is 1.47. The molecule has 38 heavy (non-hydrogen) atoms. The van der Waals surface area contributed by atoms with Crippen LogP contribution in [0.5, 0.6) is 0 Å². The van der Waals surface area contributed by atoms with Crippen LogP contribution in [0.4, 0.5) is 18.9 Å². The van der Waals surface area contributed by atoms with Crippen molar-refractivity contribution in [3.8, 4) is 6.07 Å². The number of rotatable bonds is 4. The second kappa shape index (κ2) is 9.95. The minimum absolute atomic E-state index is 0.0725. The molecule has 0 radical (unpaired) electrons. The van der Waals surface area contributed by atoms with Crippen molar-refractivity contribution in [2.45, 2.75) is 32.0 Å². The van der Waals surface area contributed by atoms with E-state index in [0.29, 0.717) is 18.6 Å². The number of aromatic nitrogens is 2. The smallest absolute Gasteiger partial charge is 0.289 e. The van der Waals surface area contributed by atoms with E-state index >= 15 is 4.39 Å². The van der Waals surface area contributed by atoms with Gasteiger partial charge in [-0.25, -0.2) is 13.8 Å². The molecule has 3 atom stereocenters. The molecule has 6 nitrogen and oxygen atoms in total. The molecule has 194 valence electrons. The van der Waals surface area contributed by atoms with Gasteiger partial charge in [-0.2, -0.15) is 9.65 Å². The molecule has 0 saturated carbocycles. The van der Waals surface area contributed by atoms with Gasteiger partial charge in [0.25, 0.3) is 5.56 Å². The summed E-state index contributed by atoms with van der Waals surface area (Å²) in [4.78, 5) is 21.1. The van der Waals surface area contributed by atoms with E-state index in [1.807, 2.05) is 30.9 Å². The summed E-state index contributed by atoms with van der Waals surface area (Å²) in [5.41, 5.74) is 1.62. The van der Waals surface area contributed by atoms with Crippen LogP contribution < -0.4 is 10.5 Å². The van der Waals surface area contributed by atoms with Crippen molar-refractivity contribution in [3.63, 3.8) is 0 Å². The number of hydrogen-bond acceptors (Lipinski definition) is 5. The summed E-state index contributed by atoms with van der Waals surface area (Å²) in [5, 5.41) is 9.39. The first-order valence-electron chi connectivity index (χ1n) is 12.3. The molecule has 3 heterocycles. The molecule has 0 N–H and O–H groups in total. The van der Waals surface area contributed by atoms with E-state index < -0.39 is 11.4 Å². The Bertz CT molecular complexity index is 1610. The zero-order chi connectivity index (χ0) is 27.1. The summed E-state index contributed by atoms with van der Waals surface area (Å²) in [6.07, 6.45) is 0. The molecule has 4 aromatic rings. The molecule has 0 bridgehead atoms. The summed E-state index contributed by atoms with van der Waals surface area (Å²) in [6.45, 7) is 4.67. The number of hydrogen-bond donors (Lipinski definition) is 0. The molecule has 2 aromatic carbocycles. The highest BCUT2D eigenvalue weighted by atomic mass is 19.1. The minimum Gasteiger partial charge on any atom is -0.362 e. The lowest BCUT2D eigenvalue weighted by molar-refractivity contribution is 0.129. The fourth-order valence-electron chi connectivity index (χ4n) is 5.40. The van der Waals surface area contributed by atoms with Gasteiger partial charge in [0.1, 0.15) is 34.6 Å². The number of benzene rings is 2. The third-order valence-corrected chi connectivity index (χ3v) is 7.28. The predicted molar refractivity (Wildman–Crippen MR) is 139 cm³/mol. The molecular formula is C29H26F3N5O. The summed E-state index contributed by atoms with van der Waals surface area (Å²) < 4.78 is 44.8. The van der Waals surface area contributed by atoms with E-state index in [1.54, 1.807) is 24.3 Å². The number of pyridine rings is 2. The van der Waals surface area contributed by atoms with Crippen LogP contribution in [-0.4, -0.2) is 39.6 Å². The minimum atomic E-state index is -0.921. The number of piperazine rings is 1. The van der Waals surface area contributed by atoms with Crippen LogP contribution in [0.25, 0.3) is 11.0 Å². The molecule has 1 aliphatic rings.